The molecule has 2 aromatic carbocycles. The van der Waals surface area contributed by atoms with Crippen molar-refractivity contribution in [3.8, 4) is 0 Å². The first kappa shape index (κ1) is 15.9. The second-order valence-electron chi connectivity index (χ2n) is 4.44. The summed E-state index contributed by atoms with van der Waals surface area (Å²) < 4.78 is 53.8. The van der Waals surface area contributed by atoms with Gasteiger partial charge in [0.05, 0.1) is 4.90 Å². The van der Waals surface area contributed by atoms with E-state index in [9.17, 15) is 17.2 Å². The van der Waals surface area contributed by atoms with Crippen LogP contribution < -0.4 is 4.72 Å². The van der Waals surface area contributed by atoms with Crippen molar-refractivity contribution in [1.82, 2.24) is 0 Å². The average molecular weight is 376 g/mol. The highest BCUT2D eigenvalue weighted by Gasteiger charge is 2.20. The molecular weight excluding hydrogens is 364 g/mol. The van der Waals surface area contributed by atoms with Gasteiger partial charge in [0.1, 0.15) is 11.5 Å². The van der Waals surface area contributed by atoms with Crippen LogP contribution in [0.2, 0.25) is 0 Å². The molecule has 21 heavy (non-hydrogen) atoms. The van der Waals surface area contributed by atoms with Gasteiger partial charge in [-0.05, 0) is 36.2 Å². The minimum atomic E-state index is -4.05. The van der Waals surface area contributed by atoms with E-state index in [2.05, 4.69) is 15.9 Å². The predicted octanol–water partition coefficient (Wildman–Crippen LogP) is 3.97. The number of alkyl halides is 1. The molecule has 112 valence electrons. The standard InChI is InChI=1S/C14H12BrF2NO2S/c1-9-2-7-12(16)14(13(9)17)18-21(19,20)11-5-3-10(8-15)4-6-11/h2-7,18H,8H2,1H3. The van der Waals surface area contributed by atoms with Gasteiger partial charge in [0, 0.05) is 5.33 Å². The van der Waals surface area contributed by atoms with Crippen LogP contribution in [0.4, 0.5) is 14.5 Å². The summed E-state index contributed by atoms with van der Waals surface area (Å²) in [5.74, 6) is -1.88. The van der Waals surface area contributed by atoms with Gasteiger partial charge in [0.2, 0.25) is 0 Å². The van der Waals surface area contributed by atoms with Crippen LogP contribution in [0.3, 0.4) is 0 Å². The number of hydrogen-bond acceptors (Lipinski definition) is 2. The quantitative estimate of drug-likeness (QED) is 0.821. The van der Waals surface area contributed by atoms with Gasteiger partial charge in [-0.1, -0.05) is 34.1 Å². The third kappa shape index (κ3) is 3.41. The van der Waals surface area contributed by atoms with Crippen LogP contribution in [0.15, 0.2) is 41.3 Å². The molecule has 1 N–H and O–H groups in total. The van der Waals surface area contributed by atoms with Crippen LogP contribution in [0.5, 0.6) is 0 Å². The lowest BCUT2D eigenvalue weighted by Crippen LogP contribution is -2.15. The summed E-state index contributed by atoms with van der Waals surface area (Å²) in [4.78, 5) is -0.0625. The lowest BCUT2D eigenvalue weighted by Gasteiger charge is -2.11. The SMILES string of the molecule is Cc1ccc(F)c(NS(=O)(=O)c2ccc(CBr)cc2)c1F. The first-order valence-electron chi connectivity index (χ1n) is 5.97. The topological polar surface area (TPSA) is 46.2 Å². The van der Waals surface area contributed by atoms with Crippen molar-refractivity contribution in [2.45, 2.75) is 17.1 Å². The predicted molar refractivity (Wildman–Crippen MR) is 81.0 cm³/mol. The van der Waals surface area contributed by atoms with Gasteiger partial charge < -0.3 is 0 Å². The Morgan fingerprint density at radius 2 is 1.71 bits per heavy atom. The normalized spacial score (nSPS) is 11.4. The zero-order chi connectivity index (χ0) is 15.6. The Kier molecular flexibility index (Phi) is 4.63. The van der Waals surface area contributed by atoms with E-state index >= 15 is 0 Å². The maximum absolute atomic E-state index is 13.9. The number of benzene rings is 2. The van der Waals surface area contributed by atoms with E-state index in [1.807, 2.05) is 4.72 Å². The molecule has 0 heterocycles. The van der Waals surface area contributed by atoms with Crippen LogP contribution in [0.1, 0.15) is 11.1 Å². The molecule has 0 atom stereocenters. The second-order valence-corrected chi connectivity index (χ2v) is 6.68. The van der Waals surface area contributed by atoms with Crippen LogP contribution in [0, 0.1) is 18.6 Å². The Morgan fingerprint density at radius 1 is 1.10 bits per heavy atom. The summed E-state index contributed by atoms with van der Waals surface area (Å²) in [6.45, 7) is 1.43. The molecule has 0 aliphatic heterocycles. The van der Waals surface area contributed by atoms with Crippen LogP contribution in [0.25, 0.3) is 0 Å². The van der Waals surface area contributed by atoms with E-state index in [0.717, 1.165) is 11.6 Å². The van der Waals surface area contributed by atoms with Crippen molar-refractivity contribution < 1.29 is 17.2 Å². The molecule has 2 aromatic rings. The smallest absolute Gasteiger partial charge is 0.262 e. The first-order chi connectivity index (χ1) is 9.85. The molecule has 0 unspecified atom stereocenters. The number of rotatable bonds is 4. The molecule has 3 nitrogen and oxygen atoms in total. The van der Waals surface area contributed by atoms with Crippen molar-refractivity contribution in [1.29, 1.82) is 0 Å². The Morgan fingerprint density at radius 3 is 2.29 bits per heavy atom. The molecule has 0 spiro atoms. The summed E-state index contributed by atoms with van der Waals surface area (Å²) in [5.41, 5.74) is 0.380. The van der Waals surface area contributed by atoms with E-state index in [4.69, 9.17) is 0 Å². The minimum absolute atomic E-state index is 0.0625. The lowest BCUT2D eigenvalue weighted by atomic mass is 10.2. The first-order valence-corrected chi connectivity index (χ1v) is 8.58. The van der Waals surface area contributed by atoms with Crippen molar-refractivity contribution in [3.63, 3.8) is 0 Å². The fraction of sp³-hybridized carbons (Fsp3) is 0.143. The fourth-order valence-electron chi connectivity index (χ4n) is 1.70. The van der Waals surface area contributed by atoms with E-state index in [0.29, 0.717) is 5.33 Å². The minimum Gasteiger partial charge on any atom is -0.274 e. The molecular formula is C14H12BrF2NO2S. The average Bonchev–Trinajstić information content (AvgIpc) is 2.48. The van der Waals surface area contributed by atoms with Gasteiger partial charge in [-0.15, -0.1) is 0 Å². The molecule has 0 aliphatic carbocycles. The van der Waals surface area contributed by atoms with E-state index in [1.165, 1.54) is 25.1 Å². The second kappa shape index (κ2) is 6.11. The molecule has 0 fully saturated rings. The molecule has 0 amide bonds. The van der Waals surface area contributed by atoms with E-state index < -0.39 is 27.3 Å². The molecule has 7 heteroatoms. The maximum Gasteiger partial charge on any atom is 0.262 e. The highest BCUT2D eigenvalue weighted by Crippen LogP contribution is 2.25. The summed E-state index contributed by atoms with van der Waals surface area (Å²) in [7, 11) is -4.05. The van der Waals surface area contributed by atoms with Crippen molar-refractivity contribution >= 4 is 31.6 Å². The Bertz CT molecular complexity index is 761. The van der Waals surface area contributed by atoms with E-state index in [1.54, 1.807) is 12.1 Å². The number of sulfonamides is 1. The third-order valence-corrected chi connectivity index (χ3v) is 4.92. The van der Waals surface area contributed by atoms with Crippen LogP contribution in [-0.4, -0.2) is 8.42 Å². The Balaban J connectivity index is 2.39. The van der Waals surface area contributed by atoms with Gasteiger partial charge in [-0.3, -0.25) is 4.72 Å². The maximum atomic E-state index is 13.9. The lowest BCUT2D eigenvalue weighted by molar-refractivity contribution is 0.579. The van der Waals surface area contributed by atoms with Crippen molar-refractivity contribution in [2.75, 3.05) is 4.72 Å². The fourth-order valence-corrected chi connectivity index (χ4v) is 3.14. The number of hydrogen-bond donors (Lipinski definition) is 1. The number of aryl methyl sites for hydroxylation is 1. The molecule has 0 radical (unpaired) electrons. The molecule has 0 saturated heterocycles. The number of nitrogens with one attached hydrogen (secondary N) is 1. The van der Waals surface area contributed by atoms with Gasteiger partial charge in [-0.25, -0.2) is 17.2 Å². The highest BCUT2D eigenvalue weighted by molar-refractivity contribution is 9.08. The largest absolute Gasteiger partial charge is 0.274 e. The molecule has 0 aromatic heterocycles. The summed E-state index contributed by atoms with van der Waals surface area (Å²) in [6, 6.07) is 8.26. The van der Waals surface area contributed by atoms with Crippen molar-refractivity contribution in [2.24, 2.45) is 0 Å². The zero-order valence-corrected chi connectivity index (χ0v) is 13.4. The molecule has 0 aliphatic rings. The van der Waals surface area contributed by atoms with Crippen molar-refractivity contribution in [3.05, 3.63) is 59.2 Å². The van der Waals surface area contributed by atoms with Crippen LogP contribution >= 0.6 is 15.9 Å². The van der Waals surface area contributed by atoms with Gasteiger partial charge >= 0.3 is 0 Å². The number of halogens is 3. The van der Waals surface area contributed by atoms with Gasteiger partial charge in [0.15, 0.2) is 5.82 Å². The summed E-state index contributed by atoms with van der Waals surface area (Å²) >= 11 is 3.25. The number of anilines is 1. The van der Waals surface area contributed by atoms with Gasteiger partial charge in [-0.2, -0.15) is 0 Å². The summed E-state index contributed by atoms with van der Waals surface area (Å²) in [6.07, 6.45) is 0. The zero-order valence-electron chi connectivity index (χ0n) is 11.0. The van der Waals surface area contributed by atoms with E-state index in [-0.39, 0.29) is 10.5 Å². The molecule has 0 saturated carbocycles. The van der Waals surface area contributed by atoms with Crippen LogP contribution in [-0.2, 0) is 15.4 Å². The molecule has 2 rings (SSSR count). The Hall–Kier alpha value is -1.47. The Labute approximate surface area is 130 Å². The third-order valence-electron chi connectivity index (χ3n) is 2.91. The highest BCUT2D eigenvalue weighted by atomic mass is 79.9. The molecule has 0 bridgehead atoms. The summed E-state index contributed by atoms with van der Waals surface area (Å²) in [5, 5.41) is 0.585. The monoisotopic (exact) mass is 375 g/mol. The van der Waals surface area contributed by atoms with Gasteiger partial charge in [0.25, 0.3) is 10.0 Å².